The average molecular weight is 386 g/mol. The second-order valence-corrected chi connectivity index (χ2v) is 6.58. The van der Waals surface area contributed by atoms with Crippen molar-refractivity contribution in [2.45, 2.75) is 0 Å². The van der Waals surface area contributed by atoms with Crippen LogP contribution >= 0.6 is 0 Å². The lowest BCUT2D eigenvalue weighted by atomic mass is 9.98. The lowest BCUT2D eigenvalue weighted by Gasteiger charge is -2.26. The van der Waals surface area contributed by atoms with Gasteiger partial charge in [0.25, 0.3) is 11.8 Å². The van der Waals surface area contributed by atoms with Crippen LogP contribution in [0.3, 0.4) is 0 Å². The summed E-state index contributed by atoms with van der Waals surface area (Å²) >= 11 is 0. The summed E-state index contributed by atoms with van der Waals surface area (Å²) in [6.45, 7) is 3.85. The summed E-state index contributed by atoms with van der Waals surface area (Å²) in [4.78, 5) is 33.5. The molecule has 2 aromatic carbocycles. The molecule has 0 aromatic heterocycles. The molecular formula is C20H22N2O6. The number of ether oxygens (including phenoxy) is 3. The van der Waals surface area contributed by atoms with Gasteiger partial charge in [-0.15, -0.1) is 5.06 Å². The summed E-state index contributed by atoms with van der Waals surface area (Å²) in [6.07, 6.45) is 0. The second kappa shape index (κ2) is 7.75. The van der Waals surface area contributed by atoms with Gasteiger partial charge in [-0.3, -0.25) is 19.3 Å². The number of amides is 2. The van der Waals surface area contributed by atoms with E-state index >= 15 is 0 Å². The standard InChI is InChI=1S/C20H22N2O6/c1-25-15-5-3-4-13-17-14(12-16(26-2)18(13)15)19(23)22(20(17)24)28-11-8-21-6-9-27-10-7-21/h3-5,12H,6-11H2,1-2H3. The van der Waals surface area contributed by atoms with Crippen molar-refractivity contribution in [3.8, 4) is 11.5 Å². The number of imide groups is 1. The van der Waals surface area contributed by atoms with Gasteiger partial charge in [0.15, 0.2) is 0 Å². The van der Waals surface area contributed by atoms with Gasteiger partial charge in [0.1, 0.15) is 11.5 Å². The van der Waals surface area contributed by atoms with Crippen LogP contribution in [0.4, 0.5) is 0 Å². The van der Waals surface area contributed by atoms with Gasteiger partial charge < -0.3 is 14.2 Å². The topological polar surface area (TPSA) is 77.5 Å². The highest BCUT2D eigenvalue weighted by molar-refractivity contribution is 6.27. The van der Waals surface area contributed by atoms with Gasteiger partial charge in [0.2, 0.25) is 0 Å². The fourth-order valence-electron chi connectivity index (χ4n) is 3.65. The van der Waals surface area contributed by atoms with Crippen molar-refractivity contribution in [3.05, 3.63) is 35.4 Å². The molecule has 8 nitrogen and oxygen atoms in total. The Morgan fingerprint density at radius 1 is 1.04 bits per heavy atom. The van der Waals surface area contributed by atoms with Gasteiger partial charge in [0.05, 0.1) is 50.6 Å². The number of nitrogens with zero attached hydrogens (tertiary/aromatic N) is 2. The van der Waals surface area contributed by atoms with Crippen LogP contribution in [0, 0.1) is 0 Å². The Hall–Kier alpha value is -2.68. The number of hydrogen-bond acceptors (Lipinski definition) is 7. The summed E-state index contributed by atoms with van der Waals surface area (Å²) in [5.41, 5.74) is 0.583. The first-order valence-electron chi connectivity index (χ1n) is 9.15. The maximum Gasteiger partial charge on any atom is 0.286 e. The van der Waals surface area contributed by atoms with E-state index in [1.165, 1.54) is 7.11 Å². The molecule has 0 spiro atoms. The number of benzene rings is 2. The van der Waals surface area contributed by atoms with Crippen LogP contribution in [-0.4, -0.2) is 75.5 Å². The van der Waals surface area contributed by atoms with Gasteiger partial charge in [-0.2, -0.15) is 0 Å². The van der Waals surface area contributed by atoms with E-state index in [4.69, 9.17) is 19.0 Å². The van der Waals surface area contributed by atoms with E-state index in [1.807, 2.05) is 0 Å². The fraction of sp³-hybridized carbons (Fsp3) is 0.400. The molecule has 0 N–H and O–H groups in total. The zero-order valence-corrected chi connectivity index (χ0v) is 15.9. The molecule has 8 heteroatoms. The number of morpholine rings is 1. The third-order valence-electron chi connectivity index (χ3n) is 5.07. The summed E-state index contributed by atoms with van der Waals surface area (Å²) in [6, 6.07) is 6.92. The Bertz CT molecular complexity index is 923. The van der Waals surface area contributed by atoms with E-state index in [2.05, 4.69) is 4.90 Å². The highest BCUT2D eigenvalue weighted by Gasteiger charge is 2.39. The van der Waals surface area contributed by atoms with Crippen molar-refractivity contribution >= 4 is 22.6 Å². The second-order valence-electron chi connectivity index (χ2n) is 6.58. The third-order valence-corrected chi connectivity index (χ3v) is 5.07. The molecule has 2 aliphatic rings. The van der Waals surface area contributed by atoms with E-state index in [0.717, 1.165) is 18.2 Å². The first-order chi connectivity index (χ1) is 13.7. The molecule has 2 amide bonds. The van der Waals surface area contributed by atoms with E-state index in [0.29, 0.717) is 47.6 Å². The van der Waals surface area contributed by atoms with Gasteiger partial charge in [-0.05, 0) is 12.1 Å². The maximum atomic E-state index is 13.0. The minimum absolute atomic E-state index is 0.240. The molecule has 2 aromatic rings. The van der Waals surface area contributed by atoms with E-state index < -0.39 is 11.8 Å². The zero-order valence-electron chi connectivity index (χ0n) is 15.9. The molecule has 0 saturated carbocycles. The quantitative estimate of drug-likeness (QED) is 0.700. The number of carbonyl (C=O) groups excluding carboxylic acids is 2. The number of hydrogen-bond donors (Lipinski definition) is 0. The lowest BCUT2D eigenvalue weighted by Crippen LogP contribution is -2.40. The predicted octanol–water partition coefficient (Wildman–Crippen LogP) is 1.72. The van der Waals surface area contributed by atoms with Gasteiger partial charge in [-0.25, -0.2) is 0 Å². The van der Waals surface area contributed by atoms with Crippen molar-refractivity contribution in [1.29, 1.82) is 0 Å². The van der Waals surface area contributed by atoms with Crippen LogP contribution in [-0.2, 0) is 9.57 Å². The molecular weight excluding hydrogens is 364 g/mol. The van der Waals surface area contributed by atoms with E-state index in [-0.39, 0.29) is 12.2 Å². The Morgan fingerprint density at radius 2 is 1.79 bits per heavy atom. The maximum absolute atomic E-state index is 13.0. The third kappa shape index (κ3) is 3.09. The molecule has 1 saturated heterocycles. The van der Waals surface area contributed by atoms with E-state index in [1.54, 1.807) is 31.4 Å². The summed E-state index contributed by atoms with van der Waals surface area (Å²) in [5.74, 6) is 0.0967. The number of methoxy groups -OCH3 is 2. The molecule has 1 fully saturated rings. The monoisotopic (exact) mass is 386 g/mol. The normalized spacial score (nSPS) is 17.3. The summed E-state index contributed by atoms with van der Waals surface area (Å²) in [7, 11) is 3.07. The number of carbonyl (C=O) groups is 2. The van der Waals surface area contributed by atoms with Gasteiger partial charge in [-0.1, -0.05) is 12.1 Å². The van der Waals surface area contributed by atoms with Crippen LogP contribution in [0.5, 0.6) is 11.5 Å². The van der Waals surface area contributed by atoms with Crippen molar-refractivity contribution in [2.75, 3.05) is 53.7 Å². The van der Waals surface area contributed by atoms with Crippen molar-refractivity contribution in [2.24, 2.45) is 0 Å². The van der Waals surface area contributed by atoms with E-state index in [9.17, 15) is 9.59 Å². The number of rotatable bonds is 6. The number of hydroxylamine groups is 2. The molecule has 2 aliphatic heterocycles. The van der Waals surface area contributed by atoms with Crippen molar-refractivity contribution < 1.29 is 28.6 Å². The molecule has 0 unspecified atom stereocenters. The minimum Gasteiger partial charge on any atom is -0.496 e. The Kier molecular flexibility index (Phi) is 5.17. The average Bonchev–Trinajstić information content (AvgIpc) is 2.98. The molecule has 0 radical (unpaired) electrons. The fourth-order valence-corrected chi connectivity index (χ4v) is 3.65. The molecule has 0 aliphatic carbocycles. The van der Waals surface area contributed by atoms with Crippen LogP contribution in [0.2, 0.25) is 0 Å². The Morgan fingerprint density at radius 3 is 2.50 bits per heavy atom. The highest BCUT2D eigenvalue weighted by Crippen LogP contribution is 2.40. The first-order valence-corrected chi connectivity index (χ1v) is 9.15. The number of fused-ring (bicyclic) bond motifs is 3. The highest BCUT2D eigenvalue weighted by atomic mass is 16.7. The van der Waals surface area contributed by atoms with Crippen molar-refractivity contribution in [3.63, 3.8) is 0 Å². The van der Waals surface area contributed by atoms with Crippen LogP contribution in [0.1, 0.15) is 20.7 Å². The van der Waals surface area contributed by atoms with Crippen LogP contribution in [0.15, 0.2) is 24.3 Å². The Labute approximate surface area is 162 Å². The first kappa shape index (κ1) is 18.7. The molecule has 4 rings (SSSR count). The minimum atomic E-state index is -0.481. The lowest BCUT2D eigenvalue weighted by molar-refractivity contribution is -0.0991. The smallest absolute Gasteiger partial charge is 0.286 e. The van der Waals surface area contributed by atoms with Gasteiger partial charge in [0, 0.05) is 25.0 Å². The molecule has 28 heavy (non-hydrogen) atoms. The summed E-state index contributed by atoms with van der Waals surface area (Å²) < 4.78 is 16.2. The molecule has 2 heterocycles. The van der Waals surface area contributed by atoms with Crippen molar-refractivity contribution in [1.82, 2.24) is 9.96 Å². The zero-order chi connectivity index (χ0) is 19.7. The molecule has 0 bridgehead atoms. The molecule has 0 atom stereocenters. The SMILES string of the molecule is COc1cccc2c3c(cc(OC)c12)C(=O)N(OCCN1CCOCC1)C3=O. The van der Waals surface area contributed by atoms with Gasteiger partial charge >= 0.3 is 0 Å². The predicted molar refractivity (Wildman–Crippen MR) is 101 cm³/mol. The summed E-state index contributed by atoms with van der Waals surface area (Å²) in [5, 5.41) is 2.11. The molecule has 148 valence electrons. The largest absolute Gasteiger partial charge is 0.496 e. The van der Waals surface area contributed by atoms with Crippen LogP contribution < -0.4 is 9.47 Å². The van der Waals surface area contributed by atoms with Crippen LogP contribution in [0.25, 0.3) is 10.8 Å². The Balaban J connectivity index is 1.62.